The summed E-state index contributed by atoms with van der Waals surface area (Å²) >= 11 is 0. The summed E-state index contributed by atoms with van der Waals surface area (Å²) in [6.45, 7) is 1.93. The SMILES string of the molecule is COc1cncc(OC2CCCN(C(=O)CN3CCN(c4ccc(F)cc4)C3=O)C2)n1. The first-order valence-corrected chi connectivity index (χ1v) is 10.2. The van der Waals surface area contributed by atoms with Gasteiger partial charge in [0, 0.05) is 25.3 Å². The largest absolute Gasteiger partial charge is 0.480 e. The Morgan fingerprint density at radius 2 is 1.94 bits per heavy atom. The van der Waals surface area contributed by atoms with Crippen molar-refractivity contribution in [2.45, 2.75) is 18.9 Å². The Morgan fingerprint density at radius 3 is 2.71 bits per heavy atom. The van der Waals surface area contributed by atoms with Crippen molar-refractivity contribution in [3.8, 4) is 11.8 Å². The van der Waals surface area contributed by atoms with E-state index in [0.29, 0.717) is 43.6 Å². The predicted molar refractivity (Wildman–Crippen MR) is 110 cm³/mol. The van der Waals surface area contributed by atoms with Crippen LogP contribution in [0.4, 0.5) is 14.9 Å². The van der Waals surface area contributed by atoms with E-state index in [1.165, 1.54) is 36.5 Å². The molecule has 1 aromatic heterocycles. The van der Waals surface area contributed by atoms with Crippen molar-refractivity contribution in [3.05, 3.63) is 42.5 Å². The Morgan fingerprint density at radius 1 is 1.16 bits per heavy atom. The summed E-state index contributed by atoms with van der Waals surface area (Å²) in [6, 6.07) is 5.50. The number of hydrogen-bond acceptors (Lipinski definition) is 6. The lowest BCUT2D eigenvalue weighted by molar-refractivity contribution is -0.134. The molecule has 9 nitrogen and oxygen atoms in total. The summed E-state index contributed by atoms with van der Waals surface area (Å²) in [6.07, 6.45) is 4.39. The molecule has 2 saturated heterocycles. The van der Waals surface area contributed by atoms with Crippen LogP contribution in [0.1, 0.15) is 12.8 Å². The molecule has 2 fully saturated rings. The molecule has 3 amide bonds. The van der Waals surface area contributed by atoms with Crippen molar-refractivity contribution in [2.75, 3.05) is 44.7 Å². The van der Waals surface area contributed by atoms with Crippen LogP contribution < -0.4 is 14.4 Å². The second-order valence-electron chi connectivity index (χ2n) is 7.45. The van der Waals surface area contributed by atoms with E-state index in [2.05, 4.69) is 9.97 Å². The molecule has 4 rings (SSSR count). The van der Waals surface area contributed by atoms with Gasteiger partial charge < -0.3 is 19.3 Å². The second-order valence-corrected chi connectivity index (χ2v) is 7.45. The molecular formula is C21H24FN5O4. The van der Waals surface area contributed by atoms with Crippen molar-refractivity contribution in [1.82, 2.24) is 19.8 Å². The molecule has 1 atom stereocenters. The summed E-state index contributed by atoms with van der Waals surface area (Å²) in [5.74, 6) is 0.228. The molecule has 0 aliphatic carbocycles. The standard InChI is InChI=1S/C21H24FN5O4/c1-30-18-11-23-12-19(24-18)31-17-3-2-8-25(13-17)20(28)14-26-9-10-27(21(26)29)16-6-4-15(22)5-7-16/h4-7,11-12,17H,2-3,8-10,13-14H2,1H3. The number of halogens is 1. The quantitative estimate of drug-likeness (QED) is 0.697. The number of aromatic nitrogens is 2. The minimum absolute atomic E-state index is 0.00220. The molecule has 0 saturated carbocycles. The fourth-order valence-corrected chi connectivity index (χ4v) is 3.77. The molecule has 10 heteroatoms. The van der Waals surface area contributed by atoms with Crippen LogP contribution in [0.25, 0.3) is 0 Å². The molecule has 0 radical (unpaired) electrons. The number of anilines is 1. The molecule has 0 bridgehead atoms. The van der Waals surface area contributed by atoms with Gasteiger partial charge in [0.05, 0.1) is 26.0 Å². The number of hydrogen-bond donors (Lipinski definition) is 0. The van der Waals surface area contributed by atoms with Crippen LogP contribution >= 0.6 is 0 Å². The number of methoxy groups -OCH3 is 1. The summed E-state index contributed by atoms with van der Waals surface area (Å²) in [4.78, 5) is 38.6. The van der Waals surface area contributed by atoms with Gasteiger partial charge in [0.25, 0.3) is 0 Å². The van der Waals surface area contributed by atoms with Gasteiger partial charge in [0.1, 0.15) is 18.5 Å². The van der Waals surface area contributed by atoms with E-state index in [9.17, 15) is 14.0 Å². The summed E-state index contributed by atoms with van der Waals surface area (Å²) in [5, 5.41) is 0. The van der Waals surface area contributed by atoms with Gasteiger partial charge in [0.2, 0.25) is 17.7 Å². The zero-order valence-electron chi connectivity index (χ0n) is 17.2. The van der Waals surface area contributed by atoms with E-state index in [1.807, 2.05) is 0 Å². The normalized spacial score (nSPS) is 19.0. The minimum Gasteiger partial charge on any atom is -0.480 e. The Balaban J connectivity index is 1.33. The minimum atomic E-state index is -0.357. The van der Waals surface area contributed by atoms with Crippen molar-refractivity contribution in [1.29, 1.82) is 0 Å². The van der Waals surface area contributed by atoms with Crippen LogP contribution in [0.5, 0.6) is 11.8 Å². The van der Waals surface area contributed by atoms with Crippen molar-refractivity contribution in [2.24, 2.45) is 0 Å². The number of carbonyl (C=O) groups excluding carboxylic acids is 2. The molecule has 2 aliphatic heterocycles. The van der Waals surface area contributed by atoms with E-state index < -0.39 is 0 Å². The highest BCUT2D eigenvalue weighted by molar-refractivity contribution is 5.96. The van der Waals surface area contributed by atoms with Crippen molar-refractivity contribution >= 4 is 17.6 Å². The lowest BCUT2D eigenvalue weighted by Crippen LogP contribution is -2.48. The first-order valence-electron chi connectivity index (χ1n) is 10.2. The molecule has 2 aromatic rings. The zero-order chi connectivity index (χ0) is 21.8. The van der Waals surface area contributed by atoms with Crippen LogP contribution in [0, 0.1) is 5.82 Å². The summed E-state index contributed by atoms with van der Waals surface area (Å²) in [7, 11) is 1.51. The third kappa shape index (κ3) is 4.84. The zero-order valence-corrected chi connectivity index (χ0v) is 17.2. The first kappa shape index (κ1) is 20.8. The number of likely N-dealkylation sites (tertiary alicyclic amines) is 1. The molecule has 1 unspecified atom stereocenters. The topological polar surface area (TPSA) is 88.1 Å². The summed E-state index contributed by atoms with van der Waals surface area (Å²) < 4.78 is 24.1. The monoisotopic (exact) mass is 429 g/mol. The van der Waals surface area contributed by atoms with E-state index in [1.54, 1.807) is 21.9 Å². The van der Waals surface area contributed by atoms with Crippen LogP contribution in [-0.4, -0.2) is 77.6 Å². The maximum Gasteiger partial charge on any atom is 0.325 e. The molecule has 3 heterocycles. The molecule has 0 spiro atoms. The fraction of sp³-hybridized carbons (Fsp3) is 0.429. The maximum atomic E-state index is 13.1. The number of urea groups is 1. The number of nitrogens with zero attached hydrogens (tertiary/aromatic N) is 5. The number of piperidine rings is 1. The first-order chi connectivity index (χ1) is 15.0. The molecule has 0 N–H and O–H groups in total. The average molecular weight is 429 g/mol. The smallest absolute Gasteiger partial charge is 0.325 e. The highest BCUT2D eigenvalue weighted by Gasteiger charge is 2.33. The highest BCUT2D eigenvalue weighted by atomic mass is 19.1. The van der Waals surface area contributed by atoms with E-state index in [-0.39, 0.29) is 30.4 Å². The lowest BCUT2D eigenvalue weighted by atomic mass is 10.1. The highest BCUT2D eigenvalue weighted by Crippen LogP contribution is 2.22. The van der Waals surface area contributed by atoms with Crippen LogP contribution in [-0.2, 0) is 4.79 Å². The Bertz CT molecular complexity index is 942. The fourth-order valence-electron chi connectivity index (χ4n) is 3.77. The van der Waals surface area contributed by atoms with Crippen molar-refractivity contribution in [3.63, 3.8) is 0 Å². The Labute approximate surface area is 179 Å². The number of amides is 3. The van der Waals surface area contributed by atoms with Gasteiger partial charge in [-0.05, 0) is 37.1 Å². The van der Waals surface area contributed by atoms with Gasteiger partial charge in [-0.1, -0.05) is 0 Å². The Kier molecular flexibility index (Phi) is 6.15. The van der Waals surface area contributed by atoms with Gasteiger partial charge >= 0.3 is 6.03 Å². The predicted octanol–water partition coefficient (Wildman–Crippen LogP) is 1.94. The van der Waals surface area contributed by atoms with Gasteiger partial charge in [-0.2, -0.15) is 4.98 Å². The lowest BCUT2D eigenvalue weighted by Gasteiger charge is -2.33. The molecule has 1 aromatic carbocycles. The van der Waals surface area contributed by atoms with Crippen LogP contribution in [0.3, 0.4) is 0 Å². The number of benzene rings is 1. The molecular weight excluding hydrogens is 405 g/mol. The van der Waals surface area contributed by atoms with E-state index in [0.717, 1.165) is 12.8 Å². The van der Waals surface area contributed by atoms with Crippen LogP contribution in [0.15, 0.2) is 36.7 Å². The van der Waals surface area contributed by atoms with Crippen molar-refractivity contribution < 1.29 is 23.5 Å². The van der Waals surface area contributed by atoms with Crippen LogP contribution in [0.2, 0.25) is 0 Å². The number of carbonyl (C=O) groups is 2. The van der Waals surface area contributed by atoms with Gasteiger partial charge in [-0.3, -0.25) is 14.7 Å². The Hall–Kier alpha value is -3.43. The second kappa shape index (κ2) is 9.15. The van der Waals surface area contributed by atoms with E-state index in [4.69, 9.17) is 9.47 Å². The maximum absolute atomic E-state index is 13.1. The number of rotatable bonds is 6. The summed E-state index contributed by atoms with van der Waals surface area (Å²) in [5.41, 5.74) is 0.618. The number of ether oxygens (including phenoxy) is 2. The van der Waals surface area contributed by atoms with Gasteiger partial charge in [-0.25, -0.2) is 9.18 Å². The third-order valence-electron chi connectivity index (χ3n) is 5.38. The van der Waals surface area contributed by atoms with Gasteiger partial charge in [-0.15, -0.1) is 0 Å². The molecule has 164 valence electrons. The molecule has 2 aliphatic rings. The molecule has 31 heavy (non-hydrogen) atoms. The van der Waals surface area contributed by atoms with Gasteiger partial charge in [0.15, 0.2) is 0 Å². The van der Waals surface area contributed by atoms with E-state index >= 15 is 0 Å². The average Bonchev–Trinajstić information content (AvgIpc) is 3.14. The third-order valence-corrected chi connectivity index (χ3v) is 5.38.